The van der Waals surface area contributed by atoms with Gasteiger partial charge in [0.05, 0.1) is 26.4 Å². The second-order valence-electron chi connectivity index (χ2n) is 4.10. The number of nitrogens with one attached hydrogen (secondary N) is 1. The normalized spacial score (nSPS) is 17.3. The van der Waals surface area contributed by atoms with E-state index in [1.54, 1.807) is 0 Å². The molecule has 1 aliphatic rings. The van der Waals surface area contributed by atoms with Crippen LogP contribution in [-0.4, -0.2) is 26.2 Å². The zero-order chi connectivity index (χ0) is 15.4. The summed E-state index contributed by atoms with van der Waals surface area (Å²) in [6, 6.07) is 9.42. The largest absolute Gasteiger partial charge is 0.352 e. The minimum absolute atomic E-state index is 0.223. The van der Waals surface area contributed by atoms with Crippen LogP contribution in [0.1, 0.15) is 0 Å². The fourth-order valence-corrected chi connectivity index (χ4v) is 2.58. The Balaban J connectivity index is 2.35. The summed E-state index contributed by atoms with van der Waals surface area (Å²) in [6.07, 6.45) is -0.709. The molecule has 1 aromatic carbocycles. The van der Waals surface area contributed by atoms with Gasteiger partial charge in [-0.05, 0) is 12.1 Å². The third-order valence-electron chi connectivity index (χ3n) is 2.82. The molecular weight excluding hydrogens is 335 g/mol. The van der Waals surface area contributed by atoms with Gasteiger partial charge < -0.3 is 9.47 Å². The summed E-state index contributed by atoms with van der Waals surface area (Å²) in [5.74, 6) is 0. The lowest BCUT2D eigenvalue weighted by Gasteiger charge is -2.16. The van der Waals surface area contributed by atoms with E-state index in [1.165, 1.54) is 14.2 Å². The van der Waals surface area contributed by atoms with Crippen LogP contribution in [-0.2, 0) is 9.47 Å². The molecule has 0 atom stereocenters. The minimum Gasteiger partial charge on any atom is -0.352 e. The number of hydrogen-bond donors (Lipinski definition) is 1. The highest BCUT2D eigenvalue weighted by molar-refractivity contribution is 6.59. The second-order valence-corrected chi connectivity index (χ2v) is 5.23. The van der Waals surface area contributed by atoms with E-state index in [-0.39, 0.29) is 15.1 Å². The highest BCUT2D eigenvalue weighted by Gasteiger charge is 2.33. The lowest BCUT2D eigenvalue weighted by atomic mass is 10.2. The van der Waals surface area contributed by atoms with Crippen molar-refractivity contribution in [1.29, 1.82) is 0 Å². The first-order valence-corrected chi connectivity index (χ1v) is 7.14. The Morgan fingerprint density at radius 1 is 0.952 bits per heavy atom. The van der Waals surface area contributed by atoms with Crippen LogP contribution in [0.15, 0.2) is 56.1 Å². The number of para-hydroxylation sites is 1. The van der Waals surface area contributed by atoms with E-state index in [2.05, 4.69) is 10.5 Å². The molecule has 0 amide bonds. The Morgan fingerprint density at radius 2 is 1.57 bits per heavy atom. The topological polar surface area (TPSA) is 42.9 Å². The Bertz CT molecular complexity index is 608. The van der Waals surface area contributed by atoms with Gasteiger partial charge in [0.1, 0.15) is 5.71 Å². The number of rotatable bonds is 5. The van der Waals surface area contributed by atoms with Gasteiger partial charge in [-0.1, -0.05) is 53.0 Å². The van der Waals surface area contributed by atoms with Gasteiger partial charge in [0, 0.05) is 14.2 Å². The van der Waals surface area contributed by atoms with Crippen molar-refractivity contribution < 1.29 is 9.47 Å². The van der Waals surface area contributed by atoms with Gasteiger partial charge >= 0.3 is 0 Å². The van der Waals surface area contributed by atoms with Crippen molar-refractivity contribution >= 4 is 46.2 Å². The molecule has 0 fully saturated rings. The average molecular weight is 348 g/mol. The summed E-state index contributed by atoms with van der Waals surface area (Å²) in [6.45, 7) is 0. The lowest BCUT2D eigenvalue weighted by Crippen LogP contribution is -2.22. The molecule has 0 bridgehead atoms. The van der Waals surface area contributed by atoms with E-state index >= 15 is 0 Å². The average Bonchev–Trinajstić information content (AvgIpc) is 2.72. The Morgan fingerprint density at radius 3 is 2.14 bits per heavy atom. The van der Waals surface area contributed by atoms with Crippen LogP contribution in [0.3, 0.4) is 0 Å². The van der Waals surface area contributed by atoms with Gasteiger partial charge in [0.2, 0.25) is 0 Å². The molecule has 112 valence electrons. The van der Waals surface area contributed by atoms with Gasteiger partial charge in [0.25, 0.3) is 0 Å². The maximum absolute atomic E-state index is 6.19. The van der Waals surface area contributed by atoms with Crippen LogP contribution in [0.4, 0.5) is 5.69 Å². The molecule has 4 nitrogen and oxygen atoms in total. The van der Waals surface area contributed by atoms with E-state index in [0.717, 1.165) is 5.69 Å². The van der Waals surface area contributed by atoms with Crippen molar-refractivity contribution in [3.05, 3.63) is 51.0 Å². The minimum atomic E-state index is -0.709. The molecule has 0 radical (unpaired) electrons. The molecule has 0 saturated heterocycles. The first-order chi connectivity index (χ1) is 10.1. The smallest absolute Gasteiger partial charge is 0.186 e. The molecule has 1 N–H and O–H groups in total. The maximum Gasteiger partial charge on any atom is 0.186 e. The van der Waals surface area contributed by atoms with Gasteiger partial charge in [-0.3, -0.25) is 5.43 Å². The molecule has 0 aliphatic heterocycles. The number of halogens is 3. The fraction of sp³-hybridized carbons (Fsp3) is 0.214. The van der Waals surface area contributed by atoms with Crippen LogP contribution < -0.4 is 5.43 Å². The van der Waals surface area contributed by atoms with Crippen molar-refractivity contribution in [3.8, 4) is 0 Å². The quantitative estimate of drug-likeness (QED) is 0.639. The van der Waals surface area contributed by atoms with Gasteiger partial charge in [-0.15, -0.1) is 0 Å². The molecule has 2 rings (SSSR count). The van der Waals surface area contributed by atoms with Crippen molar-refractivity contribution in [2.75, 3.05) is 19.6 Å². The molecular formula is C14H13Cl3N2O2. The zero-order valence-electron chi connectivity index (χ0n) is 11.4. The van der Waals surface area contributed by atoms with E-state index in [1.807, 2.05) is 30.3 Å². The predicted octanol–water partition coefficient (Wildman–Crippen LogP) is 4.27. The molecule has 0 spiro atoms. The van der Waals surface area contributed by atoms with Gasteiger partial charge in [-0.25, -0.2) is 0 Å². The number of benzene rings is 1. The molecule has 21 heavy (non-hydrogen) atoms. The van der Waals surface area contributed by atoms with Crippen LogP contribution in [0.25, 0.3) is 0 Å². The summed E-state index contributed by atoms with van der Waals surface area (Å²) in [5.41, 5.74) is 4.58. The molecule has 7 heteroatoms. The summed E-state index contributed by atoms with van der Waals surface area (Å²) >= 11 is 18.5. The summed E-state index contributed by atoms with van der Waals surface area (Å²) in [7, 11) is 2.99. The van der Waals surface area contributed by atoms with Crippen molar-refractivity contribution in [2.45, 2.75) is 6.29 Å². The van der Waals surface area contributed by atoms with E-state index in [4.69, 9.17) is 44.3 Å². The Kier molecular flexibility index (Phi) is 5.67. The highest BCUT2D eigenvalue weighted by atomic mass is 35.5. The summed E-state index contributed by atoms with van der Waals surface area (Å²) in [5, 5.41) is 5.00. The summed E-state index contributed by atoms with van der Waals surface area (Å²) in [4.78, 5) is 0. The number of anilines is 1. The van der Waals surface area contributed by atoms with Gasteiger partial charge in [-0.2, -0.15) is 5.10 Å². The molecule has 0 unspecified atom stereocenters. The number of ether oxygens (including phenoxy) is 2. The standard InChI is InChI=1S/C14H13Cl3N2O2/c1-20-14(21-2)9-10(15)11(16)12(17)13(9)19-18-8-6-4-3-5-7-8/h3-7,14,18H,1-2H3. The fourth-order valence-electron chi connectivity index (χ4n) is 1.83. The van der Waals surface area contributed by atoms with Crippen molar-refractivity contribution in [1.82, 2.24) is 0 Å². The van der Waals surface area contributed by atoms with Crippen LogP contribution in [0, 0.1) is 0 Å². The molecule has 0 saturated carbocycles. The maximum atomic E-state index is 6.19. The third-order valence-corrected chi connectivity index (χ3v) is 4.15. The lowest BCUT2D eigenvalue weighted by molar-refractivity contribution is -0.0709. The monoisotopic (exact) mass is 346 g/mol. The molecule has 0 heterocycles. The molecule has 0 aromatic heterocycles. The first kappa shape index (κ1) is 16.3. The predicted molar refractivity (Wildman–Crippen MR) is 86.9 cm³/mol. The van der Waals surface area contributed by atoms with E-state index in [0.29, 0.717) is 11.3 Å². The number of allylic oxidation sites excluding steroid dienone is 3. The zero-order valence-corrected chi connectivity index (χ0v) is 13.6. The first-order valence-electron chi connectivity index (χ1n) is 6.00. The van der Waals surface area contributed by atoms with Crippen molar-refractivity contribution in [2.24, 2.45) is 5.10 Å². The van der Waals surface area contributed by atoms with E-state index in [9.17, 15) is 0 Å². The molecule has 1 aromatic rings. The number of methoxy groups -OCH3 is 2. The Labute approximate surface area is 138 Å². The number of nitrogens with zero attached hydrogens (tertiary/aromatic N) is 1. The summed E-state index contributed by atoms with van der Waals surface area (Å²) < 4.78 is 10.4. The van der Waals surface area contributed by atoms with Gasteiger partial charge in [0.15, 0.2) is 6.29 Å². The van der Waals surface area contributed by atoms with E-state index < -0.39 is 6.29 Å². The van der Waals surface area contributed by atoms with Crippen LogP contribution in [0.5, 0.6) is 0 Å². The van der Waals surface area contributed by atoms with Crippen LogP contribution >= 0.6 is 34.8 Å². The third kappa shape index (κ3) is 3.42. The molecule has 1 aliphatic carbocycles. The highest BCUT2D eigenvalue weighted by Crippen LogP contribution is 2.39. The van der Waals surface area contributed by atoms with Crippen molar-refractivity contribution in [3.63, 3.8) is 0 Å². The number of hydrazone groups is 1. The van der Waals surface area contributed by atoms with Crippen LogP contribution in [0.2, 0.25) is 0 Å². The Hall–Kier alpha value is -1.04. The number of hydrogen-bond acceptors (Lipinski definition) is 4. The second kappa shape index (κ2) is 7.29. The SMILES string of the molecule is COC(OC)C1=C(Cl)C(Cl)=C(Cl)C1=NNc1ccccc1.